The third-order valence-corrected chi connectivity index (χ3v) is 5.15. The van der Waals surface area contributed by atoms with Gasteiger partial charge in [-0.05, 0) is 33.6 Å². The molecule has 24 heavy (non-hydrogen) atoms. The Kier molecular flexibility index (Phi) is 3.51. The summed E-state index contributed by atoms with van der Waals surface area (Å²) in [6.45, 7) is 8.19. The molecule has 0 aliphatic carbocycles. The fourth-order valence-electron chi connectivity index (χ4n) is 3.90. The monoisotopic (exact) mass is 325 g/mol. The van der Waals surface area contributed by atoms with Crippen molar-refractivity contribution in [1.29, 1.82) is 0 Å². The molecule has 0 saturated carbocycles. The normalized spacial score (nSPS) is 18.0. The fraction of sp³-hybridized carbons (Fsp3) is 0.529. The van der Waals surface area contributed by atoms with Crippen molar-refractivity contribution in [3.63, 3.8) is 0 Å². The summed E-state index contributed by atoms with van der Waals surface area (Å²) >= 11 is 0. The molecule has 1 atom stereocenters. The smallest absolute Gasteiger partial charge is 0.165 e. The molecule has 1 aliphatic rings. The van der Waals surface area contributed by atoms with E-state index in [-0.39, 0.29) is 0 Å². The number of aromatic nitrogens is 6. The minimum absolute atomic E-state index is 0.309. The summed E-state index contributed by atoms with van der Waals surface area (Å²) in [5.74, 6) is 0.942. The van der Waals surface area contributed by atoms with Gasteiger partial charge >= 0.3 is 0 Å². The fourth-order valence-corrected chi connectivity index (χ4v) is 3.90. The Bertz CT molecular complexity index is 892. The zero-order valence-electron chi connectivity index (χ0n) is 14.7. The summed E-state index contributed by atoms with van der Waals surface area (Å²) in [5.41, 5.74) is 5.47. The molecule has 7 heteroatoms. The van der Waals surface area contributed by atoms with Crippen LogP contribution in [0.5, 0.6) is 0 Å². The molecular formula is C17H23N7. The minimum atomic E-state index is 0.309. The molecule has 0 spiro atoms. The minimum Gasteiger partial charge on any atom is -0.347 e. The number of anilines is 1. The van der Waals surface area contributed by atoms with Gasteiger partial charge in [-0.15, -0.1) is 0 Å². The number of aryl methyl sites for hydroxylation is 3. The SMILES string of the molecule is CCn1cnc2c(N3CCC[C@@H]3c3c(C)nn(C)c3C)ncnc21. The number of rotatable bonds is 3. The molecule has 126 valence electrons. The van der Waals surface area contributed by atoms with Crippen molar-refractivity contribution < 1.29 is 0 Å². The van der Waals surface area contributed by atoms with Crippen LogP contribution in [0.1, 0.15) is 42.8 Å². The van der Waals surface area contributed by atoms with Crippen LogP contribution in [0.4, 0.5) is 5.82 Å². The standard InChI is InChI=1S/C17H23N7/c1-5-23-10-20-15-16(23)18-9-19-17(15)24-8-6-7-13(24)14-11(2)21-22(4)12(14)3/h9-10,13H,5-8H2,1-4H3/t13-/m1/s1. The molecule has 0 amide bonds. The number of fused-ring (bicyclic) bond motifs is 1. The van der Waals surface area contributed by atoms with Gasteiger partial charge in [-0.25, -0.2) is 15.0 Å². The molecule has 1 saturated heterocycles. The molecule has 0 aromatic carbocycles. The van der Waals surface area contributed by atoms with E-state index in [0.29, 0.717) is 6.04 Å². The van der Waals surface area contributed by atoms with Gasteiger partial charge in [-0.3, -0.25) is 4.68 Å². The van der Waals surface area contributed by atoms with E-state index in [2.05, 4.69) is 50.3 Å². The van der Waals surface area contributed by atoms with Crippen molar-refractivity contribution in [2.75, 3.05) is 11.4 Å². The van der Waals surface area contributed by atoms with Crippen molar-refractivity contribution in [2.24, 2.45) is 7.05 Å². The second-order valence-electron chi connectivity index (χ2n) is 6.46. The topological polar surface area (TPSA) is 64.7 Å². The molecule has 1 aliphatic heterocycles. The van der Waals surface area contributed by atoms with Gasteiger partial charge < -0.3 is 9.47 Å². The molecule has 0 radical (unpaired) electrons. The van der Waals surface area contributed by atoms with Crippen LogP contribution in [0.3, 0.4) is 0 Å². The summed E-state index contributed by atoms with van der Waals surface area (Å²) in [5, 5.41) is 4.60. The first kappa shape index (κ1) is 15.1. The van der Waals surface area contributed by atoms with Gasteiger partial charge in [0.15, 0.2) is 17.0 Å². The first-order valence-corrected chi connectivity index (χ1v) is 8.54. The van der Waals surface area contributed by atoms with E-state index in [1.807, 2.05) is 18.1 Å². The van der Waals surface area contributed by atoms with Gasteiger partial charge in [0.2, 0.25) is 0 Å². The maximum Gasteiger partial charge on any atom is 0.165 e. The van der Waals surface area contributed by atoms with Gasteiger partial charge in [0.25, 0.3) is 0 Å². The molecule has 1 fully saturated rings. The van der Waals surface area contributed by atoms with E-state index in [0.717, 1.165) is 48.6 Å². The molecular weight excluding hydrogens is 302 g/mol. The lowest BCUT2D eigenvalue weighted by molar-refractivity contribution is 0.694. The summed E-state index contributed by atoms with van der Waals surface area (Å²) in [4.78, 5) is 16.0. The van der Waals surface area contributed by atoms with Gasteiger partial charge in [-0.1, -0.05) is 0 Å². The molecule has 4 heterocycles. The lowest BCUT2D eigenvalue weighted by Crippen LogP contribution is -2.25. The molecule has 0 unspecified atom stereocenters. The van der Waals surface area contributed by atoms with E-state index >= 15 is 0 Å². The van der Waals surface area contributed by atoms with Crippen molar-refractivity contribution in [2.45, 2.75) is 46.2 Å². The summed E-state index contributed by atoms with van der Waals surface area (Å²) in [6, 6.07) is 0.309. The lowest BCUT2D eigenvalue weighted by atomic mass is 10.0. The highest BCUT2D eigenvalue weighted by molar-refractivity contribution is 5.83. The third-order valence-electron chi connectivity index (χ3n) is 5.15. The Labute approximate surface area is 141 Å². The quantitative estimate of drug-likeness (QED) is 0.740. The van der Waals surface area contributed by atoms with Gasteiger partial charge in [0.05, 0.1) is 18.1 Å². The van der Waals surface area contributed by atoms with Crippen LogP contribution in [-0.4, -0.2) is 35.8 Å². The predicted molar refractivity (Wildman–Crippen MR) is 93.0 cm³/mol. The average molecular weight is 325 g/mol. The van der Waals surface area contributed by atoms with Gasteiger partial charge in [0.1, 0.15) is 6.33 Å². The zero-order chi connectivity index (χ0) is 16.8. The Balaban J connectivity index is 1.83. The second kappa shape index (κ2) is 5.58. The van der Waals surface area contributed by atoms with Crippen molar-refractivity contribution in [3.8, 4) is 0 Å². The number of imidazole rings is 1. The Morgan fingerprint density at radius 2 is 2.04 bits per heavy atom. The molecule has 0 bridgehead atoms. The summed E-state index contributed by atoms with van der Waals surface area (Å²) in [7, 11) is 2.01. The number of hydrogen-bond donors (Lipinski definition) is 0. The van der Waals surface area contributed by atoms with Crippen LogP contribution >= 0.6 is 0 Å². The summed E-state index contributed by atoms with van der Waals surface area (Å²) < 4.78 is 4.04. The molecule has 7 nitrogen and oxygen atoms in total. The highest BCUT2D eigenvalue weighted by Gasteiger charge is 2.32. The van der Waals surface area contributed by atoms with Crippen LogP contribution in [0.2, 0.25) is 0 Å². The van der Waals surface area contributed by atoms with Crippen LogP contribution in [0.15, 0.2) is 12.7 Å². The molecule has 4 rings (SSSR count). The van der Waals surface area contributed by atoms with Crippen LogP contribution in [-0.2, 0) is 13.6 Å². The highest BCUT2D eigenvalue weighted by atomic mass is 15.3. The van der Waals surface area contributed by atoms with E-state index in [1.54, 1.807) is 6.33 Å². The first-order chi connectivity index (χ1) is 11.6. The van der Waals surface area contributed by atoms with Gasteiger partial charge in [-0.2, -0.15) is 5.10 Å². The predicted octanol–water partition coefficient (Wildman–Crippen LogP) is 2.54. The molecule has 3 aromatic rings. The number of nitrogens with zero attached hydrogens (tertiary/aromatic N) is 7. The van der Waals surface area contributed by atoms with E-state index in [4.69, 9.17) is 0 Å². The van der Waals surface area contributed by atoms with Crippen LogP contribution < -0.4 is 4.90 Å². The number of hydrogen-bond acceptors (Lipinski definition) is 5. The van der Waals surface area contributed by atoms with Crippen LogP contribution in [0, 0.1) is 13.8 Å². The van der Waals surface area contributed by atoms with Crippen molar-refractivity contribution in [1.82, 2.24) is 29.3 Å². The lowest BCUT2D eigenvalue weighted by Gasteiger charge is -2.26. The first-order valence-electron chi connectivity index (χ1n) is 8.54. The van der Waals surface area contributed by atoms with E-state index < -0.39 is 0 Å². The van der Waals surface area contributed by atoms with E-state index in [9.17, 15) is 0 Å². The largest absolute Gasteiger partial charge is 0.347 e. The summed E-state index contributed by atoms with van der Waals surface area (Å²) in [6.07, 6.45) is 5.78. The Morgan fingerprint density at radius 3 is 2.75 bits per heavy atom. The zero-order valence-corrected chi connectivity index (χ0v) is 14.7. The highest BCUT2D eigenvalue weighted by Crippen LogP contribution is 2.39. The maximum absolute atomic E-state index is 4.60. The van der Waals surface area contributed by atoms with Crippen molar-refractivity contribution >= 4 is 17.0 Å². The maximum atomic E-state index is 4.60. The van der Waals surface area contributed by atoms with Crippen molar-refractivity contribution in [3.05, 3.63) is 29.6 Å². The molecule has 3 aromatic heterocycles. The molecule has 0 N–H and O–H groups in total. The average Bonchev–Trinajstić information content (AvgIpc) is 3.25. The van der Waals surface area contributed by atoms with Crippen LogP contribution in [0.25, 0.3) is 11.2 Å². The van der Waals surface area contributed by atoms with E-state index in [1.165, 1.54) is 11.3 Å². The Hall–Kier alpha value is -2.44. The van der Waals surface area contributed by atoms with Gasteiger partial charge in [0, 0.05) is 31.4 Å². The Morgan fingerprint density at radius 1 is 1.21 bits per heavy atom. The third kappa shape index (κ3) is 2.11. The second-order valence-corrected chi connectivity index (χ2v) is 6.46.